The van der Waals surface area contributed by atoms with Gasteiger partial charge in [-0.1, -0.05) is 6.08 Å². The highest BCUT2D eigenvalue weighted by Gasteiger charge is 2.10. The van der Waals surface area contributed by atoms with Crippen LogP contribution < -0.4 is 5.56 Å². The van der Waals surface area contributed by atoms with E-state index in [0.29, 0.717) is 11.1 Å². The summed E-state index contributed by atoms with van der Waals surface area (Å²) in [4.78, 5) is 39.1. The van der Waals surface area contributed by atoms with Crippen LogP contribution >= 0.6 is 0 Å². The van der Waals surface area contributed by atoms with Gasteiger partial charge in [-0.2, -0.15) is 0 Å². The Hall–Kier alpha value is -3.88. The van der Waals surface area contributed by atoms with Crippen molar-refractivity contribution in [1.82, 2.24) is 9.97 Å². The second kappa shape index (κ2) is 6.32. The van der Waals surface area contributed by atoms with Crippen LogP contribution in [0.1, 0.15) is 11.4 Å². The molecule has 9 nitrogen and oxygen atoms in total. The second-order valence-corrected chi connectivity index (χ2v) is 5.09. The van der Waals surface area contributed by atoms with E-state index in [9.17, 15) is 25.0 Å². The van der Waals surface area contributed by atoms with Crippen molar-refractivity contribution < 1.29 is 9.85 Å². The maximum Gasteiger partial charge on any atom is 0.270 e. The van der Waals surface area contributed by atoms with E-state index in [1.807, 2.05) is 0 Å². The zero-order chi connectivity index (χ0) is 18.0. The van der Waals surface area contributed by atoms with Crippen molar-refractivity contribution in [2.24, 2.45) is 0 Å². The first-order valence-corrected chi connectivity index (χ1v) is 7.05. The lowest BCUT2D eigenvalue weighted by Crippen LogP contribution is -2.10. The summed E-state index contributed by atoms with van der Waals surface area (Å²) in [6.45, 7) is 0. The third-order valence-corrected chi connectivity index (χ3v) is 3.46. The molecule has 0 radical (unpaired) electrons. The first-order chi connectivity index (χ1) is 11.9. The number of nitro benzene ring substituents is 2. The molecule has 124 valence electrons. The number of aromatic amines is 1. The highest BCUT2D eigenvalue weighted by molar-refractivity contribution is 5.81. The summed E-state index contributed by atoms with van der Waals surface area (Å²) in [5, 5.41) is 21.5. The van der Waals surface area contributed by atoms with Gasteiger partial charge < -0.3 is 4.98 Å². The number of benzene rings is 2. The topological polar surface area (TPSA) is 132 Å². The summed E-state index contributed by atoms with van der Waals surface area (Å²) >= 11 is 0. The highest BCUT2D eigenvalue weighted by atomic mass is 16.6. The van der Waals surface area contributed by atoms with Crippen molar-refractivity contribution in [2.75, 3.05) is 0 Å². The van der Waals surface area contributed by atoms with E-state index >= 15 is 0 Å². The van der Waals surface area contributed by atoms with Crippen molar-refractivity contribution in [3.05, 3.63) is 84.4 Å². The van der Waals surface area contributed by atoms with Crippen LogP contribution in [0.5, 0.6) is 0 Å². The maximum atomic E-state index is 12.1. The molecule has 0 bridgehead atoms. The number of non-ortho nitro benzene ring substituents is 2. The molecule has 0 aliphatic carbocycles. The summed E-state index contributed by atoms with van der Waals surface area (Å²) in [7, 11) is 0. The molecule has 0 unspecified atom stereocenters. The molecule has 9 heteroatoms. The Morgan fingerprint density at radius 2 is 1.56 bits per heavy atom. The molecular formula is C16H10N4O5. The zero-order valence-electron chi connectivity index (χ0n) is 12.6. The molecule has 1 N–H and O–H groups in total. The summed E-state index contributed by atoms with van der Waals surface area (Å²) in [5.74, 6) is 0.268. The molecule has 0 spiro atoms. The van der Waals surface area contributed by atoms with Crippen LogP contribution in [0.15, 0.2) is 47.3 Å². The van der Waals surface area contributed by atoms with E-state index < -0.39 is 15.4 Å². The summed E-state index contributed by atoms with van der Waals surface area (Å²) < 4.78 is 0. The molecule has 0 saturated heterocycles. The van der Waals surface area contributed by atoms with Crippen molar-refractivity contribution in [3.63, 3.8) is 0 Å². The Morgan fingerprint density at radius 3 is 2.20 bits per heavy atom. The minimum absolute atomic E-state index is 0.0176. The number of hydrogen-bond donors (Lipinski definition) is 1. The number of hydrogen-bond acceptors (Lipinski definition) is 6. The number of H-pyrrole nitrogens is 1. The molecule has 2 aromatic carbocycles. The first kappa shape index (κ1) is 16.0. The van der Waals surface area contributed by atoms with Gasteiger partial charge in [-0.3, -0.25) is 25.0 Å². The third-order valence-electron chi connectivity index (χ3n) is 3.46. The summed E-state index contributed by atoms with van der Waals surface area (Å²) in [6.07, 6.45) is 3.18. The summed E-state index contributed by atoms with van der Waals surface area (Å²) in [6, 6.07) is 9.73. The Morgan fingerprint density at radius 1 is 0.920 bits per heavy atom. The van der Waals surface area contributed by atoms with Gasteiger partial charge in [0.2, 0.25) is 0 Å². The predicted octanol–water partition coefficient (Wildman–Crippen LogP) is 2.91. The van der Waals surface area contributed by atoms with Crippen molar-refractivity contribution >= 4 is 34.4 Å². The van der Waals surface area contributed by atoms with E-state index in [1.165, 1.54) is 30.3 Å². The van der Waals surface area contributed by atoms with Crippen molar-refractivity contribution in [2.45, 2.75) is 0 Å². The largest absolute Gasteiger partial charge is 0.306 e. The SMILES string of the molecule is O=c1[nH]c(/C=C/c2ccc([N+](=O)[O-])cc2)nc2ccc([N+](=O)[O-])cc12. The van der Waals surface area contributed by atoms with E-state index in [2.05, 4.69) is 9.97 Å². The standard InChI is InChI=1S/C16H10N4O5/c21-16-13-9-12(20(24)25)6-7-14(13)17-15(18-16)8-3-10-1-4-11(5-2-10)19(22)23/h1-9H,(H,17,18,21)/b8-3+. The van der Waals surface area contributed by atoms with Gasteiger partial charge >= 0.3 is 0 Å². The van der Waals surface area contributed by atoms with Gasteiger partial charge in [0.1, 0.15) is 5.82 Å². The van der Waals surface area contributed by atoms with Crippen molar-refractivity contribution in [1.29, 1.82) is 0 Å². The number of rotatable bonds is 4. The Kier molecular flexibility index (Phi) is 4.04. The number of aromatic nitrogens is 2. The Balaban J connectivity index is 1.93. The molecule has 0 aliphatic heterocycles. The third kappa shape index (κ3) is 3.39. The minimum atomic E-state index is -0.582. The van der Waals surface area contributed by atoms with E-state index in [4.69, 9.17) is 0 Å². The second-order valence-electron chi connectivity index (χ2n) is 5.09. The lowest BCUT2D eigenvalue weighted by Gasteiger charge is -1.99. The van der Waals surface area contributed by atoms with Crippen LogP contribution in [-0.4, -0.2) is 19.8 Å². The van der Waals surface area contributed by atoms with E-state index in [-0.39, 0.29) is 22.6 Å². The fourth-order valence-corrected chi connectivity index (χ4v) is 2.22. The van der Waals surface area contributed by atoms with Crippen LogP contribution in [0.2, 0.25) is 0 Å². The predicted molar refractivity (Wildman–Crippen MR) is 91.0 cm³/mol. The van der Waals surface area contributed by atoms with Gasteiger partial charge in [0.05, 0.1) is 20.7 Å². The lowest BCUT2D eigenvalue weighted by molar-refractivity contribution is -0.385. The molecule has 0 fully saturated rings. The number of fused-ring (bicyclic) bond motifs is 1. The monoisotopic (exact) mass is 338 g/mol. The van der Waals surface area contributed by atoms with Gasteiger partial charge in [-0.25, -0.2) is 4.98 Å². The van der Waals surface area contributed by atoms with Crippen molar-refractivity contribution in [3.8, 4) is 0 Å². The molecular weight excluding hydrogens is 328 g/mol. The van der Waals surface area contributed by atoms with Gasteiger partial charge in [-0.15, -0.1) is 0 Å². The van der Waals surface area contributed by atoms with Crippen LogP contribution in [0, 0.1) is 20.2 Å². The van der Waals surface area contributed by atoms with E-state index in [1.54, 1.807) is 24.3 Å². The maximum absolute atomic E-state index is 12.1. The van der Waals surface area contributed by atoms with Gasteiger partial charge in [-0.05, 0) is 29.8 Å². The van der Waals surface area contributed by atoms with Crippen LogP contribution in [0.25, 0.3) is 23.1 Å². The molecule has 1 heterocycles. The molecule has 25 heavy (non-hydrogen) atoms. The molecule has 0 aliphatic rings. The normalized spacial score (nSPS) is 11.0. The molecule has 0 amide bonds. The van der Waals surface area contributed by atoms with Gasteiger partial charge in [0, 0.05) is 24.3 Å². The zero-order valence-corrected chi connectivity index (χ0v) is 12.6. The molecule has 3 aromatic rings. The first-order valence-electron chi connectivity index (χ1n) is 7.05. The molecule has 3 rings (SSSR count). The number of nitrogens with zero attached hydrogens (tertiary/aromatic N) is 3. The van der Waals surface area contributed by atoms with Crippen LogP contribution in [0.3, 0.4) is 0 Å². The molecule has 0 atom stereocenters. The molecule has 0 saturated carbocycles. The smallest absolute Gasteiger partial charge is 0.270 e. The van der Waals surface area contributed by atoms with Crippen LogP contribution in [-0.2, 0) is 0 Å². The van der Waals surface area contributed by atoms with Gasteiger partial charge in [0.25, 0.3) is 16.9 Å². The lowest BCUT2D eigenvalue weighted by atomic mass is 10.2. The highest BCUT2D eigenvalue weighted by Crippen LogP contribution is 2.17. The van der Waals surface area contributed by atoms with E-state index in [0.717, 1.165) is 0 Å². The Bertz CT molecular complexity index is 1070. The fourth-order valence-electron chi connectivity index (χ4n) is 2.22. The van der Waals surface area contributed by atoms with Crippen LogP contribution in [0.4, 0.5) is 11.4 Å². The Labute approximate surface area is 139 Å². The fraction of sp³-hybridized carbons (Fsp3) is 0. The quantitative estimate of drug-likeness (QED) is 0.574. The number of nitrogens with one attached hydrogen (secondary N) is 1. The average Bonchev–Trinajstić information content (AvgIpc) is 2.60. The average molecular weight is 338 g/mol. The minimum Gasteiger partial charge on any atom is -0.306 e. The summed E-state index contributed by atoms with van der Waals surface area (Å²) in [5.41, 5.74) is 0.330. The molecule has 1 aromatic heterocycles. The number of nitro groups is 2. The van der Waals surface area contributed by atoms with Gasteiger partial charge in [0.15, 0.2) is 0 Å².